The number of furan rings is 1. The highest BCUT2D eigenvalue weighted by Crippen LogP contribution is 2.28. The summed E-state index contributed by atoms with van der Waals surface area (Å²) in [5.41, 5.74) is -0.378. The Kier molecular flexibility index (Phi) is 3.57. The van der Waals surface area contributed by atoms with E-state index in [2.05, 4.69) is 10.3 Å². The van der Waals surface area contributed by atoms with Crippen molar-refractivity contribution in [3.63, 3.8) is 0 Å². The first-order valence-electron chi connectivity index (χ1n) is 6.08. The smallest absolute Gasteiger partial charge is 0.283 e. The number of aromatic nitrogens is 3. The minimum absolute atomic E-state index is 0.0998. The van der Waals surface area contributed by atoms with Gasteiger partial charge in [0.2, 0.25) is 0 Å². The molecule has 120 valence electrons. The number of nitrogens with one attached hydrogen (secondary N) is 1. The zero-order valence-electron chi connectivity index (χ0n) is 11.4. The summed E-state index contributed by atoms with van der Waals surface area (Å²) in [6, 6.07) is 2.60. The molecule has 0 unspecified atom stereocenters. The molecule has 11 heteroatoms. The SMILES string of the molecule is Cn1nncc1S(=O)(=O)NC(=O)c1coc2c(F)c(Cl)ccc12. The zero-order chi connectivity index (χ0) is 16.8. The van der Waals surface area contributed by atoms with Crippen LogP contribution in [-0.2, 0) is 17.1 Å². The van der Waals surface area contributed by atoms with Crippen molar-refractivity contribution in [3.8, 4) is 0 Å². The Balaban J connectivity index is 1.99. The van der Waals surface area contributed by atoms with E-state index in [1.54, 1.807) is 0 Å². The van der Waals surface area contributed by atoms with Gasteiger partial charge in [-0.25, -0.2) is 13.8 Å². The summed E-state index contributed by atoms with van der Waals surface area (Å²) >= 11 is 5.62. The molecule has 2 aromatic heterocycles. The van der Waals surface area contributed by atoms with E-state index < -0.39 is 21.7 Å². The van der Waals surface area contributed by atoms with E-state index in [-0.39, 0.29) is 26.6 Å². The van der Waals surface area contributed by atoms with Crippen molar-refractivity contribution in [1.82, 2.24) is 19.7 Å². The second-order valence-corrected chi connectivity index (χ2v) is 6.55. The number of hydrogen-bond acceptors (Lipinski definition) is 6. The number of sulfonamides is 1. The summed E-state index contributed by atoms with van der Waals surface area (Å²) < 4.78 is 45.8. The summed E-state index contributed by atoms with van der Waals surface area (Å²) in [5, 5.41) is 6.53. The van der Waals surface area contributed by atoms with Crippen molar-refractivity contribution in [2.45, 2.75) is 5.03 Å². The monoisotopic (exact) mass is 358 g/mol. The Bertz CT molecular complexity index is 1030. The topological polar surface area (TPSA) is 107 Å². The van der Waals surface area contributed by atoms with Crippen LogP contribution in [0.15, 0.2) is 34.0 Å². The fourth-order valence-corrected chi connectivity index (χ4v) is 3.15. The van der Waals surface area contributed by atoms with E-state index in [4.69, 9.17) is 16.0 Å². The lowest BCUT2D eigenvalue weighted by Gasteiger charge is -2.05. The molecule has 0 atom stereocenters. The van der Waals surface area contributed by atoms with Gasteiger partial charge in [-0.3, -0.25) is 4.79 Å². The van der Waals surface area contributed by atoms with Gasteiger partial charge in [-0.15, -0.1) is 5.10 Å². The van der Waals surface area contributed by atoms with Crippen molar-refractivity contribution in [3.05, 3.63) is 41.0 Å². The van der Waals surface area contributed by atoms with Crippen LogP contribution in [0.3, 0.4) is 0 Å². The average Bonchev–Trinajstić information content (AvgIpc) is 3.09. The quantitative estimate of drug-likeness (QED) is 0.759. The second-order valence-electron chi connectivity index (χ2n) is 4.52. The Labute approximate surface area is 133 Å². The minimum atomic E-state index is -4.18. The third kappa shape index (κ3) is 2.55. The van der Waals surface area contributed by atoms with Crippen molar-refractivity contribution < 1.29 is 22.0 Å². The molecule has 0 aliphatic carbocycles. The molecule has 0 aliphatic heterocycles. The molecule has 0 saturated heterocycles. The van der Waals surface area contributed by atoms with Crippen molar-refractivity contribution >= 4 is 38.5 Å². The van der Waals surface area contributed by atoms with Crippen LogP contribution in [0, 0.1) is 5.82 Å². The highest BCUT2D eigenvalue weighted by Gasteiger charge is 2.25. The molecule has 0 saturated carbocycles. The van der Waals surface area contributed by atoms with E-state index in [9.17, 15) is 17.6 Å². The maximum atomic E-state index is 13.8. The van der Waals surface area contributed by atoms with Gasteiger partial charge in [0.25, 0.3) is 15.9 Å². The van der Waals surface area contributed by atoms with Gasteiger partial charge in [0.15, 0.2) is 16.4 Å². The predicted octanol–water partition coefficient (Wildman–Crippen LogP) is 1.47. The number of aryl methyl sites for hydroxylation is 1. The molecule has 1 aromatic carbocycles. The number of halogens is 2. The first-order chi connectivity index (χ1) is 10.8. The molecular formula is C12H8ClFN4O4S. The molecule has 3 aromatic rings. The van der Waals surface area contributed by atoms with Gasteiger partial charge in [0.1, 0.15) is 6.26 Å². The fraction of sp³-hybridized carbons (Fsp3) is 0.0833. The zero-order valence-corrected chi connectivity index (χ0v) is 13.0. The minimum Gasteiger partial charge on any atom is -0.460 e. The van der Waals surface area contributed by atoms with Gasteiger partial charge in [0.05, 0.1) is 16.8 Å². The molecule has 1 N–H and O–H groups in total. The third-order valence-corrected chi connectivity index (χ3v) is 4.72. The number of rotatable bonds is 3. The molecule has 0 bridgehead atoms. The Morgan fingerprint density at radius 1 is 1.43 bits per heavy atom. The van der Waals surface area contributed by atoms with Crippen LogP contribution in [-0.4, -0.2) is 29.3 Å². The third-order valence-electron chi connectivity index (χ3n) is 3.05. The molecular weight excluding hydrogens is 351 g/mol. The number of carbonyl (C=O) groups is 1. The molecule has 0 spiro atoms. The van der Waals surface area contributed by atoms with Gasteiger partial charge in [-0.05, 0) is 12.1 Å². The van der Waals surface area contributed by atoms with Crippen LogP contribution in [0.2, 0.25) is 5.02 Å². The van der Waals surface area contributed by atoms with Crippen molar-refractivity contribution in [2.75, 3.05) is 0 Å². The number of fused-ring (bicyclic) bond motifs is 1. The maximum Gasteiger partial charge on any atom is 0.283 e. The normalized spacial score (nSPS) is 11.8. The van der Waals surface area contributed by atoms with Crippen LogP contribution < -0.4 is 4.72 Å². The van der Waals surface area contributed by atoms with E-state index in [1.165, 1.54) is 19.2 Å². The maximum absolute atomic E-state index is 13.8. The van der Waals surface area contributed by atoms with Gasteiger partial charge >= 0.3 is 0 Å². The van der Waals surface area contributed by atoms with Gasteiger partial charge < -0.3 is 4.42 Å². The molecule has 0 fully saturated rings. The molecule has 1 amide bonds. The number of nitrogens with zero attached hydrogens (tertiary/aromatic N) is 3. The van der Waals surface area contributed by atoms with Gasteiger partial charge in [-0.2, -0.15) is 8.42 Å². The van der Waals surface area contributed by atoms with Crippen LogP contribution in [0.5, 0.6) is 0 Å². The summed E-state index contributed by atoms with van der Waals surface area (Å²) in [4.78, 5) is 12.2. The van der Waals surface area contributed by atoms with E-state index in [0.717, 1.165) is 17.1 Å². The lowest BCUT2D eigenvalue weighted by molar-refractivity contribution is 0.0982. The first-order valence-corrected chi connectivity index (χ1v) is 7.94. The highest BCUT2D eigenvalue weighted by atomic mass is 35.5. The number of carbonyl (C=O) groups excluding carboxylic acids is 1. The molecule has 0 aliphatic rings. The summed E-state index contributed by atoms with van der Waals surface area (Å²) in [6.45, 7) is 0. The van der Waals surface area contributed by atoms with E-state index in [1.807, 2.05) is 4.72 Å². The molecule has 0 radical (unpaired) electrons. The summed E-state index contributed by atoms with van der Waals surface area (Å²) in [5.74, 6) is -1.81. The lowest BCUT2D eigenvalue weighted by atomic mass is 10.1. The van der Waals surface area contributed by atoms with E-state index in [0.29, 0.717) is 0 Å². The van der Waals surface area contributed by atoms with Crippen LogP contribution in [0.25, 0.3) is 11.0 Å². The largest absolute Gasteiger partial charge is 0.460 e. The Morgan fingerprint density at radius 2 is 2.17 bits per heavy atom. The van der Waals surface area contributed by atoms with Crippen LogP contribution in [0.1, 0.15) is 10.4 Å². The molecule has 3 rings (SSSR count). The lowest BCUT2D eigenvalue weighted by Crippen LogP contribution is -2.31. The van der Waals surface area contributed by atoms with Crippen molar-refractivity contribution in [1.29, 1.82) is 0 Å². The Hall–Kier alpha value is -2.46. The summed E-state index contributed by atoms with van der Waals surface area (Å²) in [6.07, 6.45) is 1.94. The molecule has 8 nitrogen and oxygen atoms in total. The van der Waals surface area contributed by atoms with E-state index >= 15 is 0 Å². The number of benzene rings is 1. The standard InChI is InChI=1S/C12H8ClFN4O4S/c1-18-9(4-15-17-18)23(20,21)16-12(19)7-5-22-11-6(7)2-3-8(13)10(11)14/h2-5H,1H3,(H,16,19). The predicted molar refractivity (Wildman–Crippen MR) is 76.8 cm³/mol. The van der Waals surface area contributed by atoms with Crippen LogP contribution >= 0.6 is 11.6 Å². The second kappa shape index (κ2) is 5.32. The first kappa shape index (κ1) is 15.4. The van der Waals surface area contributed by atoms with Gasteiger partial charge in [-0.1, -0.05) is 16.8 Å². The fourth-order valence-electron chi connectivity index (χ4n) is 1.97. The highest BCUT2D eigenvalue weighted by molar-refractivity contribution is 7.90. The Morgan fingerprint density at radius 3 is 2.83 bits per heavy atom. The summed E-state index contributed by atoms with van der Waals surface area (Å²) in [7, 11) is -2.83. The number of hydrogen-bond donors (Lipinski definition) is 1. The van der Waals surface area contributed by atoms with Crippen molar-refractivity contribution in [2.24, 2.45) is 7.05 Å². The average molecular weight is 359 g/mol. The molecule has 23 heavy (non-hydrogen) atoms. The van der Waals surface area contributed by atoms with Gasteiger partial charge in [0, 0.05) is 12.4 Å². The van der Waals surface area contributed by atoms with Crippen LogP contribution in [0.4, 0.5) is 4.39 Å². The number of amides is 1. The molecule has 2 heterocycles.